The van der Waals surface area contributed by atoms with E-state index in [9.17, 15) is 76.7 Å². The largest absolute Gasteiger partial charge is 0.478 e. The molecule has 5 aliphatic rings. The Balaban J connectivity index is 0.000000160. The lowest BCUT2D eigenvalue weighted by Gasteiger charge is -2.18. The fourth-order valence-electron chi connectivity index (χ4n) is 13.4. The van der Waals surface area contributed by atoms with Crippen LogP contribution >= 0.6 is 60.2 Å². The van der Waals surface area contributed by atoms with Crippen LogP contribution in [-0.2, 0) is 94.3 Å². The molecule has 0 aliphatic carbocycles. The van der Waals surface area contributed by atoms with Crippen molar-refractivity contribution in [2.45, 2.75) is 129 Å². The third-order valence-corrected chi connectivity index (χ3v) is 22.9. The van der Waals surface area contributed by atoms with E-state index in [2.05, 4.69) is 46.6 Å². The first-order valence-electron chi connectivity index (χ1n) is 38.5. The minimum Gasteiger partial charge on any atom is -0.478 e. The van der Waals surface area contributed by atoms with Crippen molar-refractivity contribution in [3.63, 3.8) is 0 Å². The number of rotatable bonds is 25. The van der Waals surface area contributed by atoms with Crippen molar-refractivity contribution < 1.29 is 147 Å². The second-order valence-electron chi connectivity index (χ2n) is 31.0. The van der Waals surface area contributed by atoms with Gasteiger partial charge in [0.15, 0.2) is 39.6 Å². The predicted octanol–water partition coefficient (Wildman–Crippen LogP) is 20.8. The number of aryl methyl sites for hydroxylation is 1. The molecule has 0 saturated carbocycles. The van der Waals surface area contributed by atoms with E-state index in [1.807, 2.05) is 19.1 Å². The second kappa shape index (κ2) is 43.3. The highest BCUT2D eigenvalue weighted by Gasteiger charge is 2.49. The fourth-order valence-corrected chi connectivity index (χ4v) is 15.4. The smallest absolute Gasteiger partial charge is 0.210 e. The highest BCUT2D eigenvalue weighted by atomic mass is 32.2. The van der Waals surface area contributed by atoms with Crippen LogP contribution in [0, 0.1) is 76.7 Å². The van der Waals surface area contributed by atoms with Crippen LogP contribution in [0.5, 0.6) is 0 Å². The number of hydrogen-bond acceptors (Lipinski definition) is 30. The molecule has 698 valence electrons. The number of ketones is 5. The van der Waals surface area contributed by atoms with E-state index >= 15 is 0 Å². The molecule has 10 aromatic rings. The highest BCUT2D eigenvalue weighted by molar-refractivity contribution is 7.95. The summed E-state index contributed by atoms with van der Waals surface area (Å²) in [6, 6.07) is 41.5. The number of carbonyl (C=O) groups is 5. The molecule has 0 fully saturated rings. The Kier molecular flexibility index (Phi) is 33.2. The molecule has 10 aromatic carbocycles. The first-order chi connectivity index (χ1) is 62.9. The van der Waals surface area contributed by atoms with Gasteiger partial charge >= 0.3 is 0 Å². The second-order valence-corrected chi connectivity index (χ2v) is 34.8. The molecule has 0 saturated heterocycles. The Morgan fingerprint density at radius 2 is 0.549 bits per heavy atom. The molecule has 0 atom stereocenters. The van der Waals surface area contributed by atoms with Gasteiger partial charge in [0, 0.05) is 43.5 Å². The van der Waals surface area contributed by atoms with E-state index in [4.69, 9.17) is 53.2 Å². The fraction of sp³-hybridized carbons (Fsp3) is 0.176. The lowest BCUT2D eigenvalue weighted by Crippen LogP contribution is -2.29. The minimum absolute atomic E-state index is 0.0109. The number of nitrogens with two attached hydrogens (primary N) is 5. The van der Waals surface area contributed by atoms with Crippen LogP contribution in [0.2, 0.25) is 0 Å². The SMILES string of the molecule is CC1(C)OC(c2ccc(SOON)c(F)c2)=C(c2cc(F)cc(F)c2)C1=O.CC1(C)OC(c2ccc(SOON)c(F)c2)=C(c2ccc(F)c(F)c2)C1=O.CC1(C)OC(c2ccc(SOON)cc2F)=C(c2cc(F)cc(F)c2)C1=O.CC1(C)OC(c2ccc(SOON)cc2F)=C(c2ccc(F)cc2)C1=O.Cc1cc(C2=C(c3cccc(F)c3)C(=O)C(C)(C)O2)ccc1SOON. The summed E-state index contributed by atoms with van der Waals surface area (Å²) in [5, 5.41) is 0. The summed E-state index contributed by atoms with van der Waals surface area (Å²) in [4.78, 5) is 85.4. The van der Waals surface area contributed by atoms with E-state index in [1.165, 1.54) is 133 Å². The Labute approximate surface area is 771 Å². The first kappa shape index (κ1) is 102. The predicted molar refractivity (Wildman–Crippen MR) is 465 cm³/mol. The van der Waals surface area contributed by atoms with Crippen molar-refractivity contribution in [2.75, 3.05) is 0 Å². The average molecular weight is 1950 g/mol. The molecule has 5 heterocycles. The van der Waals surface area contributed by atoms with E-state index in [0.717, 1.165) is 94.7 Å². The van der Waals surface area contributed by atoms with Crippen LogP contribution < -0.4 is 29.5 Å². The molecule has 10 N–H and O–H groups in total. The molecular formula is C91H75F12N5O20S5. The molecule has 0 spiro atoms. The van der Waals surface area contributed by atoms with Gasteiger partial charge in [-0.05, 0) is 255 Å². The Hall–Kier alpha value is -11.4. The van der Waals surface area contributed by atoms with Crippen LogP contribution in [0.15, 0.2) is 219 Å². The number of ether oxygens (including phenoxy) is 5. The molecule has 15 rings (SSSR count). The maximum absolute atomic E-state index is 14.6. The zero-order valence-corrected chi connectivity index (χ0v) is 75.2. The van der Waals surface area contributed by atoms with Crippen LogP contribution in [0.3, 0.4) is 0 Å². The van der Waals surface area contributed by atoms with Crippen molar-refractivity contribution in [1.82, 2.24) is 0 Å². The van der Waals surface area contributed by atoms with Gasteiger partial charge in [-0.2, -0.15) is 29.5 Å². The Morgan fingerprint density at radius 1 is 0.248 bits per heavy atom. The summed E-state index contributed by atoms with van der Waals surface area (Å²) in [6.07, 6.45) is 0. The van der Waals surface area contributed by atoms with Crippen molar-refractivity contribution in [3.8, 4) is 0 Å². The van der Waals surface area contributed by atoms with Gasteiger partial charge in [-0.1, -0.05) is 36.4 Å². The third-order valence-electron chi connectivity index (χ3n) is 19.6. The number of benzene rings is 10. The van der Waals surface area contributed by atoms with Gasteiger partial charge in [-0.3, -0.25) is 24.0 Å². The zero-order chi connectivity index (χ0) is 97.1. The summed E-state index contributed by atoms with van der Waals surface area (Å²) < 4.78 is 218. The molecular weight excluding hydrogens is 1870 g/mol. The monoisotopic (exact) mass is 1950 g/mol. The van der Waals surface area contributed by atoms with Gasteiger partial charge in [-0.25, -0.2) is 52.7 Å². The Morgan fingerprint density at radius 3 is 0.902 bits per heavy atom. The Bertz CT molecular complexity index is 6320. The normalized spacial score (nSPS) is 16.0. The molecule has 0 aromatic heterocycles. The minimum atomic E-state index is -1.32. The number of Topliss-reactive ketones (excluding diaryl/α,β-unsaturated/α-hetero) is 5. The standard InChI is InChI=1S/C19H18FNO4S.3C18H14F3NO4S.C18H15F2NO4S/c1-11-9-13(7-8-15(11)26-25-24-21)17-16(18(22)19(2,3)23-17)12-5-4-6-14(20)10-12;1-18(2)17(23)15(9-3-5-11(19)12(20)7-9)16(24-18)10-4-6-14(13(21)8-10)27-26-25-22;1-18(2)17(23)15(9-5-10(19)7-11(20)6-9)16(24-18)13-4-3-12(8-14(13)21)27-26-25-22;1-18(2)17(23)15(10-5-11(19)8-12(20)6-10)16(24-18)9-3-4-14(13(21)7-9)27-26-25-22;1-18(2)17(22)15(10-3-5-11(19)6-4-10)16(23-18)13-8-7-12(9-14(13)20)26-25-24-21/h4-10H,21H2,1-3H3;3*3-8H,22H2,1-2H3;3-9H,21H2,1-2H3. The molecule has 25 nitrogen and oxygen atoms in total. The maximum atomic E-state index is 14.6. The molecule has 0 unspecified atom stereocenters. The average Bonchev–Trinajstić information content (AvgIpc) is 1.62. The summed E-state index contributed by atoms with van der Waals surface area (Å²) >= 11 is 3.50. The van der Waals surface area contributed by atoms with Crippen LogP contribution in [0.1, 0.15) is 130 Å². The highest BCUT2D eigenvalue weighted by Crippen LogP contribution is 2.49. The number of halogens is 12. The molecule has 0 bridgehead atoms. The molecule has 0 radical (unpaired) electrons. The molecule has 0 amide bonds. The van der Waals surface area contributed by atoms with Crippen LogP contribution in [-0.4, -0.2) is 56.9 Å². The maximum Gasteiger partial charge on any atom is 0.210 e. The quantitative estimate of drug-likeness (QED) is 0.0154. The lowest BCUT2D eigenvalue weighted by molar-refractivity contribution is -0.195. The van der Waals surface area contributed by atoms with Crippen molar-refractivity contribution in [1.29, 1.82) is 0 Å². The van der Waals surface area contributed by atoms with Crippen LogP contribution in [0.4, 0.5) is 52.7 Å². The van der Waals surface area contributed by atoms with Gasteiger partial charge in [0.05, 0.1) is 109 Å². The summed E-state index contributed by atoms with van der Waals surface area (Å²) in [7, 11) is 0. The summed E-state index contributed by atoms with van der Waals surface area (Å²) in [5.74, 6) is 13.3. The van der Waals surface area contributed by atoms with E-state index in [0.29, 0.717) is 80.5 Å². The number of hydrogen-bond donors (Lipinski definition) is 5. The number of carbonyl (C=O) groups excluding carboxylic acids is 5. The summed E-state index contributed by atoms with van der Waals surface area (Å²) in [6.45, 7) is 17.6. The molecule has 42 heteroatoms. The summed E-state index contributed by atoms with van der Waals surface area (Å²) in [5.41, 5.74) is -2.29. The van der Waals surface area contributed by atoms with Gasteiger partial charge < -0.3 is 23.7 Å². The van der Waals surface area contributed by atoms with Crippen molar-refractivity contribution >= 4 is 146 Å². The van der Waals surface area contributed by atoms with Crippen LogP contribution in [0.25, 0.3) is 56.7 Å². The van der Waals surface area contributed by atoms with Crippen molar-refractivity contribution in [3.05, 3.63) is 325 Å². The zero-order valence-electron chi connectivity index (χ0n) is 71.1. The van der Waals surface area contributed by atoms with E-state index in [1.54, 1.807) is 52.0 Å². The van der Waals surface area contributed by atoms with Gasteiger partial charge in [-0.15, -0.1) is 46.6 Å². The van der Waals surface area contributed by atoms with Gasteiger partial charge in [0.2, 0.25) is 28.9 Å². The molecule has 133 heavy (non-hydrogen) atoms. The topological polar surface area (TPSA) is 354 Å². The van der Waals surface area contributed by atoms with E-state index < -0.39 is 115 Å². The van der Waals surface area contributed by atoms with Gasteiger partial charge in [0.25, 0.3) is 0 Å². The van der Waals surface area contributed by atoms with Crippen molar-refractivity contribution in [2.24, 2.45) is 29.5 Å². The van der Waals surface area contributed by atoms with Gasteiger partial charge in [0.1, 0.15) is 87.0 Å². The lowest BCUT2D eigenvalue weighted by atomic mass is 9.92. The third kappa shape index (κ3) is 24.0. The first-order valence-corrected chi connectivity index (χ1v) is 42.2. The molecule has 5 aliphatic heterocycles. The van der Waals surface area contributed by atoms with E-state index in [-0.39, 0.29) is 106 Å².